The van der Waals surface area contributed by atoms with Gasteiger partial charge < -0.3 is 19.7 Å². The summed E-state index contributed by atoms with van der Waals surface area (Å²) >= 11 is 0. The summed E-state index contributed by atoms with van der Waals surface area (Å²) in [5, 5.41) is 21.0. The van der Waals surface area contributed by atoms with Crippen molar-refractivity contribution in [1.82, 2.24) is 20.1 Å². The zero-order valence-corrected chi connectivity index (χ0v) is 13.2. The number of ether oxygens (including phenoxy) is 1. The van der Waals surface area contributed by atoms with E-state index in [-0.39, 0.29) is 0 Å². The lowest BCUT2D eigenvalue weighted by Crippen LogP contribution is -2.35. The third-order valence-electron chi connectivity index (χ3n) is 4.33. The number of aryl methyl sites for hydroxylation is 1. The molecule has 1 fully saturated rings. The Morgan fingerprint density at radius 2 is 2.29 bits per heavy atom. The number of aromatic nitrogens is 3. The first-order valence-corrected chi connectivity index (χ1v) is 8.04. The summed E-state index contributed by atoms with van der Waals surface area (Å²) in [6.45, 7) is 3.75. The minimum absolute atomic E-state index is 0.331. The number of hydrogen-bond acceptors (Lipinski definition) is 5. The second-order valence-corrected chi connectivity index (χ2v) is 5.97. The van der Waals surface area contributed by atoms with Gasteiger partial charge in [-0.3, -0.25) is 0 Å². The normalized spacial score (nSPS) is 24.1. The molecule has 0 amide bonds. The molecule has 6 heteroatoms. The van der Waals surface area contributed by atoms with Crippen LogP contribution in [0.4, 0.5) is 0 Å². The summed E-state index contributed by atoms with van der Waals surface area (Å²) in [7, 11) is 1.91. The van der Waals surface area contributed by atoms with Crippen LogP contribution in [0.15, 0.2) is 6.33 Å². The van der Waals surface area contributed by atoms with E-state index < -0.39 is 6.10 Å². The van der Waals surface area contributed by atoms with Crippen molar-refractivity contribution in [3.63, 3.8) is 0 Å². The molecule has 0 bridgehead atoms. The van der Waals surface area contributed by atoms with Gasteiger partial charge in [-0.05, 0) is 18.8 Å². The van der Waals surface area contributed by atoms with Gasteiger partial charge in [0.2, 0.25) is 0 Å². The van der Waals surface area contributed by atoms with Crippen LogP contribution < -0.4 is 5.32 Å². The fraction of sp³-hybridized carbons (Fsp3) is 0.867. The molecule has 0 aromatic carbocycles. The van der Waals surface area contributed by atoms with E-state index in [9.17, 15) is 5.11 Å². The molecule has 120 valence electrons. The lowest BCUT2D eigenvalue weighted by atomic mass is 9.85. The molecule has 1 aliphatic carbocycles. The highest BCUT2D eigenvalue weighted by Gasteiger charge is 2.24. The van der Waals surface area contributed by atoms with E-state index in [4.69, 9.17) is 4.74 Å². The summed E-state index contributed by atoms with van der Waals surface area (Å²) in [6.07, 6.45) is 7.67. The highest BCUT2D eigenvalue weighted by Crippen LogP contribution is 2.29. The second kappa shape index (κ2) is 8.46. The van der Waals surface area contributed by atoms with Crippen LogP contribution in [0.25, 0.3) is 0 Å². The van der Waals surface area contributed by atoms with E-state index in [1.165, 1.54) is 25.7 Å². The van der Waals surface area contributed by atoms with Gasteiger partial charge in [0.1, 0.15) is 12.2 Å². The molecule has 6 nitrogen and oxygen atoms in total. The predicted molar refractivity (Wildman–Crippen MR) is 80.7 cm³/mol. The minimum atomic E-state index is -0.474. The number of nitrogens with zero attached hydrogens (tertiary/aromatic N) is 3. The van der Waals surface area contributed by atoms with Crippen LogP contribution in [0.2, 0.25) is 0 Å². The molecule has 1 saturated carbocycles. The molecule has 21 heavy (non-hydrogen) atoms. The first-order chi connectivity index (χ1) is 10.2. The van der Waals surface area contributed by atoms with Crippen molar-refractivity contribution in [2.24, 2.45) is 13.0 Å². The van der Waals surface area contributed by atoms with Gasteiger partial charge in [0, 0.05) is 13.6 Å². The largest absolute Gasteiger partial charge is 0.389 e. The topological polar surface area (TPSA) is 72.2 Å². The number of aliphatic hydroxyl groups is 1. The van der Waals surface area contributed by atoms with Gasteiger partial charge in [-0.1, -0.05) is 26.2 Å². The van der Waals surface area contributed by atoms with Gasteiger partial charge in [-0.15, -0.1) is 10.2 Å². The van der Waals surface area contributed by atoms with Crippen molar-refractivity contribution >= 4 is 0 Å². The van der Waals surface area contributed by atoms with E-state index in [2.05, 4.69) is 22.4 Å². The molecule has 0 saturated heterocycles. The Hall–Kier alpha value is -0.980. The Labute approximate surface area is 126 Å². The Balaban J connectivity index is 1.63. The van der Waals surface area contributed by atoms with E-state index in [1.54, 1.807) is 6.33 Å². The van der Waals surface area contributed by atoms with Crippen LogP contribution in [-0.2, 0) is 18.3 Å². The van der Waals surface area contributed by atoms with Crippen LogP contribution in [0.5, 0.6) is 0 Å². The summed E-state index contributed by atoms with van der Waals surface area (Å²) < 4.78 is 7.80. The zero-order valence-electron chi connectivity index (χ0n) is 13.2. The highest BCUT2D eigenvalue weighted by atomic mass is 16.5. The van der Waals surface area contributed by atoms with Crippen LogP contribution in [-0.4, -0.2) is 45.2 Å². The number of hydrogen-bond donors (Lipinski definition) is 2. The van der Waals surface area contributed by atoms with Crippen molar-refractivity contribution in [3.8, 4) is 0 Å². The fourth-order valence-electron chi connectivity index (χ4n) is 2.97. The highest BCUT2D eigenvalue weighted by molar-refractivity contribution is 4.83. The maximum Gasteiger partial charge on any atom is 0.146 e. The van der Waals surface area contributed by atoms with Crippen molar-refractivity contribution in [2.75, 3.05) is 13.2 Å². The van der Waals surface area contributed by atoms with E-state index in [0.717, 1.165) is 12.2 Å². The van der Waals surface area contributed by atoms with Crippen molar-refractivity contribution < 1.29 is 9.84 Å². The Bertz CT molecular complexity index is 410. The van der Waals surface area contributed by atoms with Gasteiger partial charge in [-0.25, -0.2) is 0 Å². The Morgan fingerprint density at radius 1 is 1.48 bits per heavy atom. The molecule has 2 N–H and O–H groups in total. The molecule has 1 aliphatic rings. The summed E-state index contributed by atoms with van der Waals surface area (Å²) in [5.74, 6) is 1.53. The van der Waals surface area contributed by atoms with Crippen molar-refractivity contribution in [1.29, 1.82) is 0 Å². The molecule has 0 spiro atoms. The average Bonchev–Trinajstić information content (AvgIpc) is 2.91. The quantitative estimate of drug-likeness (QED) is 0.755. The lowest BCUT2D eigenvalue weighted by Gasteiger charge is -2.31. The molecule has 0 radical (unpaired) electrons. The van der Waals surface area contributed by atoms with Crippen molar-refractivity contribution in [3.05, 3.63) is 12.2 Å². The number of rotatable bonds is 8. The third kappa shape index (κ3) is 5.05. The van der Waals surface area contributed by atoms with Crippen LogP contribution in [0.3, 0.4) is 0 Å². The predicted octanol–water partition coefficient (Wildman–Crippen LogP) is 1.25. The summed E-state index contributed by atoms with van der Waals surface area (Å²) in [4.78, 5) is 0. The van der Waals surface area contributed by atoms with E-state index in [0.29, 0.717) is 31.7 Å². The molecular weight excluding hydrogens is 268 g/mol. The second-order valence-electron chi connectivity index (χ2n) is 5.97. The summed E-state index contributed by atoms with van der Waals surface area (Å²) in [5.41, 5.74) is 0. The fourth-order valence-corrected chi connectivity index (χ4v) is 2.97. The first-order valence-electron chi connectivity index (χ1n) is 8.04. The van der Waals surface area contributed by atoms with E-state index >= 15 is 0 Å². The molecule has 3 unspecified atom stereocenters. The molecule has 1 heterocycles. The minimum Gasteiger partial charge on any atom is -0.389 e. The standard InChI is InChI=1S/C15H28N4O2/c1-3-12-6-4-5-7-14(12)21-10-13(20)8-16-9-15-18-17-11-19(15)2/h11-14,16,20H,3-10H2,1-2H3. The molecular formula is C15H28N4O2. The van der Waals surface area contributed by atoms with Gasteiger partial charge in [0.25, 0.3) is 0 Å². The maximum atomic E-state index is 10.0. The average molecular weight is 296 g/mol. The van der Waals surface area contributed by atoms with Gasteiger partial charge in [-0.2, -0.15) is 0 Å². The van der Waals surface area contributed by atoms with Crippen LogP contribution >= 0.6 is 0 Å². The molecule has 2 rings (SSSR count). The SMILES string of the molecule is CCC1CCCCC1OCC(O)CNCc1nncn1C. The lowest BCUT2D eigenvalue weighted by molar-refractivity contribution is -0.0499. The Morgan fingerprint density at radius 3 is 3.00 bits per heavy atom. The van der Waals surface area contributed by atoms with Gasteiger partial charge in [0.05, 0.1) is 25.4 Å². The van der Waals surface area contributed by atoms with Gasteiger partial charge in [0.15, 0.2) is 0 Å². The maximum absolute atomic E-state index is 10.0. The molecule has 0 aliphatic heterocycles. The molecule has 1 aromatic rings. The third-order valence-corrected chi connectivity index (χ3v) is 4.33. The monoisotopic (exact) mass is 296 g/mol. The van der Waals surface area contributed by atoms with Crippen molar-refractivity contribution in [2.45, 2.75) is 57.8 Å². The first kappa shape index (κ1) is 16.4. The van der Waals surface area contributed by atoms with Crippen LogP contribution in [0.1, 0.15) is 44.9 Å². The zero-order chi connectivity index (χ0) is 15.1. The molecule has 3 atom stereocenters. The van der Waals surface area contributed by atoms with Crippen LogP contribution in [0, 0.1) is 5.92 Å². The number of nitrogens with one attached hydrogen (secondary N) is 1. The molecule has 1 aromatic heterocycles. The number of aliphatic hydroxyl groups excluding tert-OH is 1. The smallest absolute Gasteiger partial charge is 0.146 e. The Kier molecular flexibility index (Phi) is 6.60. The summed E-state index contributed by atoms with van der Waals surface area (Å²) in [6, 6.07) is 0. The van der Waals surface area contributed by atoms with Gasteiger partial charge >= 0.3 is 0 Å². The van der Waals surface area contributed by atoms with E-state index in [1.807, 2.05) is 11.6 Å².